The Labute approximate surface area is 122 Å². The van der Waals surface area contributed by atoms with Crippen LogP contribution in [0.5, 0.6) is 0 Å². The Balaban J connectivity index is 1.68. The first kappa shape index (κ1) is 12.8. The maximum absolute atomic E-state index is 5.64. The first-order chi connectivity index (χ1) is 9.79. The van der Waals surface area contributed by atoms with E-state index in [1.54, 1.807) is 11.3 Å². The van der Waals surface area contributed by atoms with Crippen LogP contribution in [-0.4, -0.2) is 9.97 Å². The first-order valence-corrected chi connectivity index (χ1v) is 7.28. The monoisotopic (exact) mass is 281 g/mol. The third kappa shape index (κ3) is 3.22. The fourth-order valence-corrected chi connectivity index (χ4v) is 2.84. The van der Waals surface area contributed by atoms with Gasteiger partial charge in [-0.15, -0.1) is 11.3 Å². The molecule has 0 aliphatic rings. The SMILES string of the molecule is Nc1ncc(Cc2ccc(Cc3ccncc3)cc2)s1. The molecular weight excluding hydrogens is 266 g/mol. The Morgan fingerprint density at radius 2 is 1.45 bits per heavy atom. The van der Waals surface area contributed by atoms with Crippen molar-refractivity contribution < 1.29 is 0 Å². The summed E-state index contributed by atoms with van der Waals surface area (Å²) in [6, 6.07) is 12.8. The van der Waals surface area contributed by atoms with Gasteiger partial charge in [0.15, 0.2) is 5.13 Å². The number of nitrogen functional groups attached to an aromatic ring is 1. The van der Waals surface area contributed by atoms with Gasteiger partial charge in [0, 0.05) is 29.9 Å². The highest BCUT2D eigenvalue weighted by Crippen LogP contribution is 2.19. The Hall–Kier alpha value is -2.20. The smallest absolute Gasteiger partial charge is 0.180 e. The molecule has 0 radical (unpaired) electrons. The summed E-state index contributed by atoms with van der Waals surface area (Å²) in [5.74, 6) is 0. The number of aromatic nitrogens is 2. The summed E-state index contributed by atoms with van der Waals surface area (Å²) in [5, 5.41) is 0.634. The Bertz CT molecular complexity index is 674. The zero-order valence-electron chi connectivity index (χ0n) is 11.0. The molecule has 0 amide bonds. The number of hydrogen-bond donors (Lipinski definition) is 1. The fraction of sp³-hybridized carbons (Fsp3) is 0.125. The molecule has 0 spiro atoms. The van der Waals surface area contributed by atoms with E-state index in [-0.39, 0.29) is 0 Å². The van der Waals surface area contributed by atoms with Crippen LogP contribution in [0.4, 0.5) is 5.13 Å². The summed E-state index contributed by atoms with van der Waals surface area (Å²) in [6.45, 7) is 0. The quantitative estimate of drug-likeness (QED) is 0.798. The number of nitrogens with zero attached hydrogens (tertiary/aromatic N) is 2. The van der Waals surface area contributed by atoms with Crippen LogP contribution in [0.1, 0.15) is 21.6 Å². The van der Waals surface area contributed by atoms with Gasteiger partial charge in [-0.1, -0.05) is 24.3 Å². The maximum atomic E-state index is 5.64. The molecule has 0 saturated carbocycles. The molecule has 3 aromatic rings. The summed E-state index contributed by atoms with van der Waals surface area (Å²) >= 11 is 1.55. The van der Waals surface area contributed by atoms with Crippen molar-refractivity contribution in [1.82, 2.24) is 9.97 Å². The molecule has 0 saturated heterocycles. The van der Waals surface area contributed by atoms with Gasteiger partial charge < -0.3 is 5.73 Å². The van der Waals surface area contributed by atoms with Crippen LogP contribution in [0.25, 0.3) is 0 Å². The van der Waals surface area contributed by atoms with E-state index in [9.17, 15) is 0 Å². The number of benzene rings is 1. The topological polar surface area (TPSA) is 51.8 Å². The minimum atomic E-state index is 0.634. The molecule has 3 nitrogen and oxygen atoms in total. The lowest BCUT2D eigenvalue weighted by atomic mass is 10.0. The third-order valence-electron chi connectivity index (χ3n) is 3.13. The highest BCUT2D eigenvalue weighted by molar-refractivity contribution is 7.15. The van der Waals surface area contributed by atoms with Crippen LogP contribution in [0.2, 0.25) is 0 Å². The van der Waals surface area contributed by atoms with E-state index in [1.807, 2.05) is 30.7 Å². The lowest BCUT2D eigenvalue weighted by Crippen LogP contribution is -1.90. The Morgan fingerprint density at radius 3 is 2.05 bits per heavy atom. The van der Waals surface area contributed by atoms with Gasteiger partial charge in [-0.25, -0.2) is 4.98 Å². The minimum Gasteiger partial charge on any atom is -0.375 e. The zero-order valence-corrected chi connectivity index (χ0v) is 11.8. The van der Waals surface area contributed by atoms with Crippen LogP contribution < -0.4 is 5.73 Å². The second-order valence-electron chi connectivity index (χ2n) is 4.69. The van der Waals surface area contributed by atoms with Crippen LogP contribution in [0.3, 0.4) is 0 Å². The summed E-state index contributed by atoms with van der Waals surface area (Å²) < 4.78 is 0. The molecule has 3 rings (SSSR count). The van der Waals surface area contributed by atoms with Gasteiger partial charge in [0.05, 0.1) is 0 Å². The van der Waals surface area contributed by atoms with Crippen LogP contribution in [0.15, 0.2) is 55.0 Å². The number of thiazole rings is 1. The maximum Gasteiger partial charge on any atom is 0.180 e. The van der Waals surface area contributed by atoms with Gasteiger partial charge in [-0.05, 0) is 35.2 Å². The number of nitrogens with two attached hydrogens (primary N) is 1. The van der Waals surface area contributed by atoms with E-state index < -0.39 is 0 Å². The van der Waals surface area contributed by atoms with E-state index in [2.05, 4.69) is 34.2 Å². The zero-order chi connectivity index (χ0) is 13.8. The second kappa shape index (κ2) is 5.84. The Morgan fingerprint density at radius 1 is 0.850 bits per heavy atom. The van der Waals surface area contributed by atoms with E-state index in [1.165, 1.54) is 21.6 Å². The standard InChI is InChI=1S/C16H15N3S/c17-16-19-11-15(20-16)10-13-3-1-12(2-4-13)9-14-5-7-18-8-6-14/h1-8,11H,9-10H2,(H2,17,19). The molecule has 100 valence electrons. The average molecular weight is 281 g/mol. The van der Waals surface area contributed by atoms with Crippen molar-refractivity contribution in [3.63, 3.8) is 0 Å². The molecule has 0 aliphatic carbocycles. The molecule has 2 N–H and O–H groups in total. The van der Waals surface area contributed by atoms with Gasteiger partial charge >= 0.3 is 0 Å². The number of anilines is 1. The fourth-order valence-electron chi connectivity index (χ4n) is 2.12. The van der Waals surface area contributed by atoms with Gasteiger partial charge in [0.1, 0.15) is 0 Å². The number of rotatable bonds is 4. The predicted molar refractivity (Wildman–Crippen MR) is 82.8 cm³/mol. The van der Waals surface area contributed by atoms with Crippen LogP contribution >= 0.6 is 11.3 Å². The lowest BCUT2D eigenvalue weighted by Gasteiger charge is -2.03. The minimum absolute atomic E-state index is 0.634. The summed E-state index contributed by atoms with van der Waals surface area (Å²) in [4.78, 5) is 9.31. The van der Waals surface area contributed by atoms with E-state index in [4.69, 9.17) is 5.73 Å². The molecule has 2 aromatic heterocycles. The van der Waals surface area contributed by atoms with Gasteiger partial charge in [-0.2, -0.15) is 0 Å². The van der Waals surface area contributed by atoms with Crippen molar-refractivity contribution >= 4 is 16.5 Å². The number of hydrogen-bond acceptors (Lipinski definition) is 4. The van der Waals surface area contributed by atoms with Crippen LogP contribution in [0, 0.1) is 0 Å². The van der Waals surface area contributed by atoms with Crippen molar-refractivity contribution in [3.8, 4) is 0 Å². The number of pyridine rings is 1. The van der Waals surface area contributed by atoms with Crippen molar-refractivity contribution in [2.45, 2.75) is 12.8 Å². The lowest BCUT2D eigenvalue weighted by molar-refractivity contribution is 1.14. The molecule has 0 aliphatic heterocycles. The van der Waals surface area contributed by atoms with Crippen molar-refractivity contribution in [3.05, 3.63) is 76.6 Å². The molecule has 0 unspecified atom stereocenters. The summed E-state index contributed by atoms with van der Waals surface area (Å²) in [5.41, 5.74) is 9.52. The third-order valence-corrected chi connectivity index (χ3v) is 3.96. The molecule has 2 heterocycles. The second-order valence-corrected chi connectivity index (χ2v) is 5.84. The molecular formula is C16H15N3S. The first-order valence-electron chi connectivity index (χ1n) is 6.46. The van der Waals surface area contributed by atoms with Crippen molar-refractivity contribution in [2.24, 2.45) is 0 Å². The predicted octanol–water partition coefficient (Wildman–Crippen LogP) is 3.30. The molecule has 0 atom stereocenters. The molecule has 0 bridgehead atoms. The van der Waals surface area contributed by atoms with Gasteiger partial charge in [-0.3, -0.25) is 4.98 Å². The van der Waals surface area contributed by atoms with Crippen LogP contribution in [-0.2, 0) is 12.8 Å². The van der Waals surface area contributed by atoms with E-state index in [0.717, 1.165) is 12.8 Å². The highest BCUT2D eigenvalue weighted by atomic mass is 32.1. The highest BCUT2D eigenvalue weighted by Gasteiger charge is 2.01. The van der Waals surface area contributed by atoms with E-state index in [0.29, 0.717) is 5.13 Å². The largest absolute Gasteiger partial charge is 0.375 e. The summed E-state index contributed by atoms with van der Waals surface area (Å²) in [7, 11) is 0. The molecule has 4 heteroatoms. The molecule has 0 fully saturated rings. The Kier molecular flexibility index (Phi) is 3.74. The van der Waals surface area contributed by atoms with Crippen molar-refractivity contribution in [1.29, 1.82) is 0 Å². The average Bonchev–Trinajstić information content (AvgIpc) is 2.88. The molecule has 1 aromatic carbocycles. The summed E-state index contributed by atoms with van der Waals surface area (Å²) in [6.07, 6.45) is 7.35. The van der Waals surface area contributed by atoms with E-state index >= 15 is 0 Å². The normalized spacial score (nSPS) is 10.6. The van der Waals surface area contributed by atoms with Gasteiger partial charge in [0.2, 0.25) is 0 Å². The van der Waals surface area contributed by atoms with Crippen molar-refractivity contribution in [2.75, 3.05) is 5.73 Å². The molecule has 20 heavy (non-hydrogen) atoms. The van der Waals surface area contributed by atoms with Gasteiger partial charge in [0.25, 0.3) is 0 Å².